The maximum absolute atomic E-state index is 9.43. The molecule has 0 fully saturated rings. The van der Waals surface area contributed by atoms with Crippen LogP contribution in [0.5, 0.6) is 0 Å². The van der Waals surface area contributed by atoms with Crippen LogP contribution >= 0.6 is 0 Å². The summed E-state index contributed by atoms with van der Waals surface area (Å²) in [4.78, 5) is 18.9. The minimum atomic E-state index is -1.31. The van der Waals surface area contributed by atoms with Crippen molar-refractivity contribution in [2.75, 3.05) is 0 Å². The molecular formula is C14H28LiNaO4. The van der Waals surface area contributed by atoms with E-state index < -0.39 is 18.4 Å². The summed E-state index contributed by atoms with van der Waals surface area (Å²) in [7, 11) is 0. The van der Waals surface area contributed by atoms with Gasteiger partial charge >= 0.3 is 129 Å². The van der Waals surface area contributed by atoms with Crippen LogP contribution in [0.25, 0.3) is 0 Å². The van der Waals surface area contributed by atoms with Crippen molar-refractivity contribution in [3.8, 4) is 0 Å². The fourth-order valence-corrected chi connectivity index (χ4v) is 1.69. The van der Waals surface area contributed by atoms with Gasteiger partial charge in [-0.1, -0.05) is 0 Å². The first-order chi connectivity index (χ1) is 9.04. The Balaban J connectivity index is -0.000000312. The summed E-state index contributed by atoms with van der Waals surface area (Å²) < 4.78 is 0. The minimum absolute atomic E-state index is 0. The Morgan fingerprint density at radius 1 is 0.800 bits per heavy atom. The third-order valence-electron chi connectivity index (χ3n) is 2.76. The summed E-state index contributed by atoms with van der Waals surface area (Å²) in [5, 5.41) is 16.8. The van der Waals surface area contributed by atoms with Crippen LogP contribution in [-0.2, 0) is 9.59 Å². The van der Waals surface area contributed by atoms with Crippen molar-refractivity contribution in [3.05, 3.63) is 0 Å². The zero-order chi connectivity index (χ0) is 14.9. The van der Waals surface area contributed by atoms with Crippen molar-refractivity contribution < 1.29 is 19.8 Å². The first kappa shape index (κ1) is 25.5. The van der Waals surface area contributed by atoms with E-state index in [9.17, 15) is 9.59 Å². The van der Waals surface area contributed by atoms with Crippen LogP contribution < -0.4 is 0 Å². The molecule has 0 rings (SSSR count). The third kappa shape index (κ3) is 31.1. The van der Waals surface area contributed by atoms with Gasteiger partial charge in [0.05, 0.1) is 0 Å². The molecule has 0 atom stereocenters. The number of carbonyl (C=O) groups is 2. The molecule has 20 heavy (non-hydrogen) atoms. The molecule has 2 N–H and O–H groups in total. The average Bonchev–Trinajstić information content (AvgIpc) is 2.32. The van der Waals surface area contributed by atoms with Crippen molar-refractivity contribution in [1.82, 2.24) is 0 Å². The van der Waals surface area contributed by atoms with Gasteiger partial charge in [-0.15, -0.1) is 0 Å². The molecule has 0 aliphatic carbocycles. The van der Waals surface area contributed by atoms with Crippen LogP contribution in [0.3, 0.4) is 0 Å². The molecule has 0 aliphatic heterocycles. The second kappa shape index (κ2) is 21.8. The fourth-order valence-electron chi connectivity index (χ4n) is 1.69. The van der Waals surface area contributed by atoms with Crippen molar-refractivity contribution in [3.63, 3.8) is 0 Å². The van der Waals surface area contributed by atoms with Crippen LogP contribution in [0.4, 0.5) is 0 Å². The van der Waals surface area contributed by atoms with E-state index in [4.69, 9.17) is 10.2 Å². The predicted octanol–water partition coefficient (Wildman–Crippen LogP) is 3.00. The molecule has 110 valence electrons. The maximum atomic E-state index is 9.43. The van der Waals surface area contributed by atoms with Crippen molar-refractivity contribution >= 4 is 59.2 Å². The standard InChI is InChI=1S/C11H23.C3H4O4.Li.Na.H/c1-3-5-7-9-11-10-8-6-4-2;4-2(5)1-3(6)7;;;/h1,3-11H2,2H3;1H2,(H,4,5)(H,6,7);;;. The van der Waals surface area contributed by atoms with Gasteiger partial charge in [-0.3, -0.25) is 9.59 Å². The van der Waals surface area contributed by atoms with Gasteiger partial charge in [-0.25, -0.2) is 0 Å². The number of carboxylic acid groups (broad SMARTS) is 2. The van der Waals surface area contributed by atoms with Crippen molar-refractivity contribution in [1.29, 1.82) is 0 Å². The van der Waals surface area contributed by atoms with E-state index in [0.29, 0.717) is 0 Å². The quantitative estimate of drug-likeness (QED) is 0.348. The number of hydrogen-bond donors (Lipinski definition) is 2. The molecule has 0 saturated carbocycles. The Morgan fingerprint density at radius 2 is 1.15 bits per heavy atom. The van der Waals surface area contributed by atoms with Gasteiger partial charge in [0.2, 0.25) is 0 Å². The van der Waals surface area contributed by atoms with Gasteiger partial charge in [0, 0.05) is 0 Å². The molecular weight excluding hydrogens is 262 g/mol. The molecule has 0 amide bonds. The molecule has 0 aromatic rings. The van der Waals surface area contributed by atoms with Gasteiger partial charge < -0.3 is 10.2 Å². The summed E-state index contributed by atoms with van der Waals surface area (Å²) in [5.74, 6) is -2.62. The van der Waals surface area contributed by atoms with Crippen LogP contribution in [-0.4, -0.2) is 69.4 Å². The third-order valence-corrected chi connectivity index (χ3v) is 2.76. The van der Waals surface area contributed by atoms with Gasteiger partial charge in [-0.2, -0.15) is 0 Å². The fraction of sp³-hybridized carbons (Fsp3) is 0.857. The van der Waals surface area contributed by atoms with E-state index in [1.54, 1.807) is 0 Å². The van der Waals surface area contributed by atoms with Crippen molar-refractivity contribution in [2.45, 2.75) is 76.2 Å². The first-order valence-corrected chi connectivity index (χ1v) is 7.48. The summed E-state index contributed by atoms with van der Waals surface area (Å²) in [6.45, 7) is 2.28. The monoisotopic (exact) mass is 290 g/mol. The molecule has 6 heteroatoms. The zero-order valence-electron chi connectivity index (χ0n) is 12.5. The van der Waals surface area contributed by atoms with Gasteiger partial charge in [0.1, 0.15) is 6.42 Å². The summed E-state index contributed by atoms with van der Waals surface area (Å²) in [6.07, 6.45) is 12.3. The molecule has 0 bridgehead atoms. The Labute approximate surface area is 154 Å². The summed E-state index contributed by atoms with van der Waals surface area (Å²) in [6, 6.07) is 0. The Morgan fingerprint density at radius 3 is 1.40 bits per heavy atom. The van der Waals surface area contributed by atoms with E-state index in [1.165, 1.54) is 62.9 Å². The summed E-state index contributed by atoms with van der Waals surface area (Å²) >= 11 is 2.28. The first-order valence-electron chi connectivity index (χ1n) is 7.48. The van der Waals surface area contributed by atoms with Gasteiger partial charge in [0.25, 0.3) is 0 Å². The normalized spacial score (nSPS) is 9.15. The van der Waals surface area contributed by atoms with Crippen LogP contribution in [0.2, 0.25) is 5.09 Å². The zero-order valence-corrected chi connectivity index (χ0v) is 12.5. The van der Waals surface area contributed by atoms with Crippen LogP contribution in [0, 0.1) is 0 Å². The van der Waals surface area contributed by atoms with E-state index >= 15 is 0 Å². The Bertz CT molecular complexity index is 203. The number of hydrogen-bond acceptors (Lipinski definition) is 2. The van der Waals surface area contributed by atoms with Gasteiger partial charge in [0.15, 0.2) is 0 Å². The Hall–Kier alpha value is 0.537. The number of aliphatic carboxylic acids is 2. The summed E-state index contributed by atoms with van der Waals surface area (Å²) in [5.41, 5.74) is 0. The average molecular weight is 290 g/mol. The molecule has 0 aromatic carbocycles. The molecule has 0 saturated heterocycles. The molecule has 0 heterocycles. The van der Waals surface area contributed by atoms with Crippen LogP contribution in [0.15, 0.2) is 0 Å². The predicted molar refractivity (Wildman–Crippen MR) is 84.8 cm³/mol. The van der Waals surface area contributed by atoms with E-state index in [-0.39, 0.29) is 29.6 Å². The molecule has 4 nitrogen and oxygen atoms in total. The van der Waals surface area contributed by atoms with E-state index in [0.717, 1.165) is 0 Å². The van der Waals surface area contributed by atoms with Crippen molar-refractivity contribution in [2.24, 2.45) is 0 Å². The molecule has 0 aliphatic rings. The molecule has 0 radical (unpaired) electrons. The van der Waals surface area contributed by atoms with Gasteiger partial charge in [-0.05, 0) is 0 Å². The topological polar surface area (TPSA) is 74.6 Å². The number of carboxylic acids is 2. The second-order valence-electron chi connectivity index (χ2n) is 4.79. The second-order valence-corrected chi connectivity index (χ2v) is 4.79. The van der Waals surface area contributed by atoms with Crippen LogP contribution in [0.1, 0.15) is 71.1 Å². The molecule has 0 spiro atoms. The van der Waals surface area contributed by atoms with E-state index in [1.807, 2.05) is 0 Å². The molecule has 0 aromatic heterocycles. The number of rotatable bonds is 11. The Kier molecular flexibility index (Phi) is 27.8. The molecule has 0 unspecified atom stereocenters. The SMILES string of the molecule is O=C(O)CC(=O)O.[Li][CH2]CCCCCCCCCC.[NaH]. The van der Waals surface area contributed by atoms with E-state index in [2.05, 4.69) is 24.6 Å². The number of unbranched alkanes of at least 4 members (excludes halogenated alkanes) is 8.